The number of nitrogens with zero attached hydrogens (tertiary/aromatic N) is 2. The van der Waals surface area contributed by atoms with Gasteiger partial charge in [0.1, 0.15) is 5.54 Å². The van der Waals surface area contributed by atoms with Gasteiger partial charge in [0.2, 0.25) is 0 Å². The van der Waals surface area contributed by atoms with Crippen molar-refractivity contribution in [3.05, 3.63) is 0 Å². The summed E-state index contributed by atoms with van der Waals surface area (Å²) in [6.45, 7) is 10.7. The molecule has 0 aliphatic carbocycles. The molecule has 1 aliphatic heterocycles. The summed E-state index contributed by atoms with van der Waals surface area (Å²) in [5.41, 5.74) is -0.602. The second kappa shape index (κ2) is 4.70. The highest BCUT2D eigenvalue weighted by molar-refractivity contribution is 5.05. The van der Waals surface area contributed by atoms with E-state index in [4.69, 9.17) is 10.00 Å². The van der Waals surface area contributed by atoms with E-state index in [1.807, 2.05) is 14.0 Å². The predicted molar refractivity (Wildman–Crippen MR) is 64.1 cm³/mol. The van der Waals surface area contributed by atoms with Gasteiger partial charge in [0.05, 0.1) is 17.8 Å². The maximum Gasteiger partial charge on any atom is 0.116 e. The molecule has 92 valence electrons. The number of rotatable bonds is 3. The molecule has 0 aromatic heterocycles. The lowest BCUT2D eigenvalue weighted by Crippen LogP contribution is -2.57. The van der Waals surface area contributed by atoms with Crippen molar-refractivity contribution in [1.82, 2.24) is 10.2 Å². The Labute approximate surface area is 98.6 Å². The molecule has 0 amide bonds. The molecule has 1 saturated heterocycles. The van der Waals surface area contributed by atoms with Gasteiger partial charge in [0.25, 0.3) is 0 Å². The lowest BCUT2D eigenvalue weighted by Gasteiger charge is -2.43. The summed E-state index contributed by atoms with van der Waals surface area (Å²) in [6, 6.07) is 2.32. The van der Waals surface area contributed by atoms with Crippen LogP contribution in [0.15, 0.2) is 0 Å². The van der Waals surface area contributed by atoms with Crippen molar-refractivity contribution < 1.29 is 4.74 Å². The first-order chi connectivity index (χ1) is 7.30. The topological polar surface area (TPSA) is 48.3 Å². The van der Waals surface area contributed by atoms with E-state index in [1.54, 1.807) is 0 Å². The number of likely N-dealkylation sites (N-methyl/N-ethyl adjacent to an activating group) is 1. The van der Waals surface area contributed by atoms with Gasteiger partial charge in [-0.25, -0.2) is 0 Å². The van der Waals surface area contributed by atoms with Crippen LogP contribution in [0.1, 0.15) is 27.7 Å². The van der Waals surface area contributed by atoms with Gasteiger partial charge >= 0.3 is 0 Å². The van der Waals surface area contributed by atoms with E-state index in [2.05, 4.69) is 37.1 Å². The highest BCUT2D eigenvalue weighted by Crippen LogP contribution is 2.22. The molecule has 2 unspecified atom stereocenters. The molecule has 4 nitrogen and oxygen atoms in total. The molecule has 0 spiro atoms. The Kier molecular flexibility index (Phi) is 3.95. The third-order valence-electron chi connectivity index (χ3n) is 2.98. The van der Waals surface area contributed by atoms with Gasteiger partial charge in [0, 0.05) is 19.6 Å². The minimum absolute atomic E-state index is 0.123. The summed E-state index contributed by atoms with van der Waals surface area (Å²) in [5.74, 6) is 0. The fourth-order valence-corrected chi connectivity index (χ4v) is 2.32. The second-order valence-electron chi connectivity index (χ2n) is 5.55. The molecule has 1 fully saturated rings. The molecule has 16 heavy (non-hydrogen) atoms. The SMILES string of the molecule is CNC(C)(C#N)CN1CC(C)OC(C)(C)C1. The average molecular weight is 225 g/mol. The summed E-state index contributed by atoms with van der Waals surface area (Å²) >= 11 is 0. The van der Waals surface area contributed by atoms with Crippen LogP contribution in [-0.4, -0.2) is 48.8 Å². The molecule has 4 heteroatoms. The molecule has 1 heterocycles. The van der Waals surface area contributed by atoms with Gasteiger partial charge in [-0.05, 0) is 34.7 Å². The number of hydrogen-bond donors (Lipinski definition) is 1. The van der Waals surface area contributed by atoms with Crippen LogP contribution in [0.5, 0.6) is 0 Å². The van der Waals surface area contributed by atoms with Crippen LogP contribution in [-0.2, 0) is 4.74 Å². The normalized spacial score (nSPS) is 29.4. The van der Waals surface area contributed by atoms with Crippen molar-refractivity contribution in [2.45, 2.75) is 44.9 Å². The van der Waals surface area contributed by atoms with E-state index in [0.29, 0.717) is 0 Å². The number of nitriles is 1. The molecule has 1 aliphatic rings. The van der Waals surface area contributed by atoms with Crippen molar-refractivity contribution in [2.75, 3.05) is 26.7 Å². The van der Waals surface area contributed by atoms with E-state index in [0.717, 1.165) is 19.6 Å². The van der Waals surface area contributed by atoms with Gasteiger partial charge in [-0.1, -0.05) is 0 Å². The van der Waals surface area contributed by atoms with E-state index >= 15 is 0 Å². The van der Waals surface area contributed by atoms with Crippen molar-refractivity contribution in [1.29, 1.82) is 5.26 Å². The van der Waals surface area contributed by atoms with Crippen LogP contribution in [0, 0.1) is 11.3 Å². The number of nitrogens with one attached hydrogen (secondary N) is 1. The van der Waals surface area contributed by atoms with Crippen LogP contribution >= 0.6 is 0 Å². The highest BCUT2D eigenvalue weighted by atomic mass is 16.5. The molecule has 1 rings (SSSR count). The second-order valence-corrected chi connectivity index (χ2v) is 5.55. The standard InChI is InChI=1S/C12H23N3O/c1-10-6-15(8-11(2,3)16-10)9-12(4,7-13)14-5/h10,14H,6,8-9H2,1-5H3. The van der Waals surface area contributed by atoms with Gasteiger partial charge in [-0.3, -0.25) is 4.90 Å². The van der Waals surface area contributed by atoms with E-state index in [-0.39, 0.29) is 11.7 Å². The molecule has 2 atom stereocenters. The summed E-state index contributed by atoms with van der Waals surface area (Å²) < 4.78 is 5.84. The Morgan fingerprint density at radius 3 is 2.69 bits per heavy atom. The Hall–Kier alpha value is -0.630. The van der Waals surface area contributed by atoms with Gasteiger partial charge in [0.15, 0.2) is 0 Å². The molecule has 0 saturated carbocycles. The zero-order valence-corrected chi connectivity index (χ0v) is 11.0. The zero-order valence-electron chi connectivity index (χ0n) is 11.0. The molecule has 0 aromatic rings. The van der Waals surface area contributed by atoms with Crippen LogP contribution in [0.4, 0.5) is 0 Å². The van der Waals surface area contributed by atoms with Gasteiger partial charge in [-0.15, -0.1) is 0 Å². The number of ether oxygens (including phenoxy) is 1. The number of morpholine rings is 1. The lowest BCUT2D eigenvalue weighted by molar-refractivity contribution is -0.130. The van der Waals surface area contributed by atoms with Crippen LogP contribution < -0.4 is 5.32 Å². The van der Waals surface area contributed by atoms with E-state index in [1.165, 1.54) is 0 Å². The third kappa shape index (κ3) is 3.44. The largest absolute Gasteiger partial charge is 0.370 e. The van der Waals surface area contributed by atoms with E-state index < -0.39 is 5.54 Å². The summed E-state index contributed by atoms with van der Waals surface area (Å²) in [4.78, 5) is 2.30. The quantitative estimate of drug-likeness (QED) is 0.778. The minimum Gasteiger partial charge on any atom is -0.370 e. The highest BCUT2D eigenvalue weighted by Gasteiger charge is 2.34. The predicted octanol–water partition coefficient (Wildman–Crippen LogP) is 0.987. The monoisotopic (exact) mass is 225 g/mol. The smallest absolute Gasteiger partial charge is 0.116 e. The maximum absolute atomic E-state index is 9.14. The molecule has 0 bridgehead atoms. The molecular formula is C12H23N3O. The van der Waals surface area contributed by atoms with Crippen molar-refractivity contribution in [2.24, 2.45) is 0 Å². The molecule has 0 radical (unpaired) electrons. The molecule has 1 N–H and O–H groups in total. The molecular weight excluding hydrogens is 202 g/mol. The minimum atomic E-state index is -0.479. The summed E-state index contributed by atoms with van der Waals surface area (Å²) in [7, 11) is 1.83. The first-order valence-corrected chi connectivity index (χ1v) is 5.80. The molecule has 0 aromatic carbocycles. The zero-order chi connectivity index (χ0) is 12.4. The summed E-state index contributed by atoms with van der Waals surface area (Å²) in [6.07, 6.45) is 0.226. The van der Waals surface area contributed by atoms with E-state index in [9.17, 15) is 0 Å². The van der Waals surface area contributed by atoms with Gasteiger partial charge in [-0.2, -0.15) is 5.26 Å². The Morgan fingerprint density at radius 2 is 2.25 bits per heavy atom. The maximum atomic E-state index is 9.14. The van der Waals surface area contributed by atoms with Crippen LogP contribution in [0.25, 0.3) is 0 Å². The fraction of sp³-hybridized carbons (Fsp3) is 0.917. The van der Waals surface area contributed by atoms with Crippen LogP contribution in [0.3, 0.4) is 0 Å². The first-order valence-electron chi connectivity index (χ1n) is 5.80. The third-order valence-corrected chi connectivity index (χ3v) is 2.98. The lowest BCUT2D eigenvalue weighted by atomic mass is 10.00. The summed E-state index contributed by atoms with van der Waals surface area (Å²) in [5, 5.41) is 12.2. The van der Waals surface area contributed by atoms with Crippen molar-refractivity contribution >= 4 is 0 Å². The first kappa shape index (κ1) is 13.4. The van der Waals surface area contributed by atoms with Crippen molar-refractivity contribution in [3.63, 3.8) is 0 Å². The Bertz CT molecular complexity index is 284. The van der Waals surface area contributed by atoms with Crippen LogP contribution in [0.2, 0.25) is 0 Å². The Morgan fingerprint density at radius 1 is 1.62 bits per heavy atom. The number of hydrogen-bond acceptors (Lipinski definition) is 4. The fourth-order valence-electron chi connectivity index (χ4n) is 2.32. The van der Waals surface area contributed by atoms with Crippen molar-refractivity contribution in [3.8, 4) is 6.07 Å². The van der Waals surface area contributed by atoms with Gasteiger partial charge < -0.3 is 10.1 Å². The Balaban J connectivity index is 2.65. The average Bonchev–Trinajstić information content (AvgIpc) is 2.14.